The van der Waals surface area contributed by atoms with E-state index in [2.05, 4.69) is 15.6 Å². The zero-order valence-corrected chi connectivity index (χ0v) is 9.51. The first-order valence-corrected chi connectivity index (χ1v) is 5.13. The Labute approximate surface area is 95.0 Å². The molecule has 0 aliphatic heterocycles. The number of hydrogen-bond donors (Lipinski definition) is 2. The van der Waals surface area contributed by atoms with Crippen molar-refractivity contribution in [1.82, 2.24) is 15.6 Å². The van der Waals surface area contributed by atoms with Gasteiger partial charge in [-0.25, -0.2) is 0 Å². The van der Waals surface area contributed by atoms with Crippen molar-refractivity contribution in [2.75, 3.05) is 20.3 Å². The first kappa shape index (κ1) is 11.9. The summed E-state index contributed by atoms with van der Waals surface area (Å²) in [6.07, 6.45) is 3.52. The molecule has 5 heteroatoms. The lowest BCUT2D eigenvalue weighted by Crippen LogP contribution is -2.36. The first-order chi connectivity index (χ1) is 7.33. The van der Waals surface area contributed by atoms with E-state index in [1.165, 1.54) is 0 Å². The van der Waals surface area contributed by atoms with E-state index < -0.39 is 0 Å². The van der Waals surface area contributed by atoms with Crippen molar-refractivity contribution in [2.45, 2.75) is 6.54 Å². The van der Waals surface area contributed by atoms with Gasteiger partial charge in [0.25, 0.3) is 0 Å². The van der Waals surface area contributed by atoms with E-state index in [1.54, 1.807) is 19.5 Å². The maximum Gasteiger partial charge on any atom is 0.166 e. The van der Waals surface area contributed by atoms with Crippen molar-refractivity contribution < 1.29 is 4.74 Å². The van der Waals surface area contributed by atoms with E-state index in [0.717, 1.165) is 12.1 Å². The summed E-state index contributed by atoms with van der Waals surface area (Å²) < 4.78 is 4.90. The Bertz CT molecular complexity index is 292. The standard InChI is InChI=1S/C10H15N3OS/c1-14-7-6-12-10(15)13-8-9-2-4-11-5-3-9/h2-5H,6-8H2,1H3,(H2,12,13,15). The molecule has 1 rings (SSSR count). The number of methoxy groups -OCH3 is 1. The predicted octanol–water partition coefficient (Wildman–Crippen LogP) is 0.692. The molecule has 0 fully saturated rings. The van der Waals surface area contributed by atoms with Gasteiger partial charge in [0.05, 0.1) is 6.61 Å². The number of nitrogens with one attached hydrogen (secondary N) is 2. The van der Waals surface area contributed by atoms with Gasteiger partial charge in [-0.1, -0.05) is 0 Å². The minimum absolute atomic E-state index is 0.642. The van der Waals surface area contributed by atoms with Gasteiger partial charge < -0.3 is 15.4 Å². The normalized spacial score (nSPS) is 9.67. The van der Waals surface area contributed by atoms with Crippen LogP contribution >= 0.6 is 12.2 Å². The van der Waals surface area contributed by atoms with Crippen molar-refractivity contribution in [2.24, 2.45) is 0 Å². The first-order valence-electron chi connectivity index (χ1n) is 4.72. The lowest BCUT2D eigenvalue weighted by atomic mass is 10.3. The highest BCUT2D eigenvalue weighted by Gasteiger charge is 1.95. The molecule has 0 amide bonds. The van der Waals surface area contributed by atoms with E-state index in [9.17, 15) is 0 Å². The van der Waals surface area contributed by atoms with E-state index >= 15 is 0 Å². The highest BCUT2D eigenvalue weighted by atomic mass is 32.1. The molecule has 0 aromatic carbocycles. The van der Waals surface area contributed by atoms with Crippen LogP contribution in [-0.4, -0.2) is 30.4 Å². The van der Waals surface area contributed by atoms with Crippen LogP contribution in [0.25, 0.3) is 0 Å². The molecule has 1 heterocycles. The fraction of sp³-hybridized carbons (Fsp3) is 0.400. The zero-order chi connectivity index (χ0) is 10.9. The molecule has 82 valence electrons. The van der Waals surface area contributed by atoms with Crippen LogP contribution in [0.5, 0.6) is 0 Å². The fourth-order valence-corrected chi connectivity index (χ4v) is 1.19. The van der Waals surface area contributed by atoms with Gasteiger partial charge in [-0.3, -0.25) is 4.98 Å². The topological polar surface area (TPSA) is 46.2 Å². The van der Waals surface area contributed by atoms with Crippen molar-refractivity contribution in [1.29, 1.82) is 0 Å². The Balaban J connectivity index is 2.17. The molecular weight excluding hydrogens is 210 g/mol. The van der Waals surface area contributed by atoms with Gasteiger partial charge in [-0.05, 0) is 29.9 Å². The Kier molecular flexibility index (Phi) is 5.65. The average Bonchev–Trinajstić information content (AvgIpc) is 2.28. The molecule has 2 N–H and O–H groups in total. The minimum atomic E-state index is 0.642. The molecule has 4 nitrogen and oxygen atoms in total. The highest BCUT2D eigenvalue weighted by molar-refractivity contribution is 7.80. The van der Waals surface area contributed by atoms with Gasteiger partial charge >= 0.3 is 0 Å². The second-order valence-corrected chi connectivity index (χ2v) is 3.37. The third kappa shape index (κ3) is 5.29. The average molecular weight is 225 g/mol. The number of aromatic nitrogens is 1. The van der Waals surface area contributed by atoms with Crippen LogP contribution in [0.1, 0.15) is 5.56 Å². The number of rotatable bonds is 5. The summed E-state index contributed by atoms with van der Waals surface area (Å²) >= 11 is 5.07. The highest BCUT2D eigenvalue weighted by Crippen LogP contribution is 1.94. The molecule has 1 aromatic rings. The molecule has 0 saturated carbocycles. The maximum atomic E-state index is 5.07. The molecule has 0 aliphatic rings. The van der Waals surface area contributed by atoms with Gasteiger partial charge in [0.1, 0.15) is 0 Å². The molecule has 0 radical (unpaired) electrons. The summed E-state index contributed by atoms with van der Waals surface area (Å²) in [7, 11) is 1.66. The fourth-order valence-electron chi connectivity index (χ4n) is 1.01. The number of pyridine rings is 1. The number of ether oxygens (including phenoxy) is 1. The maximum absolute atomic E-state index is 5.07. The van der Waals surface area contributed by atoms with E-state index in [4.69, 9.17) is 17.0 Å². The Hall–Kier alpha value is -1.20. The Morgan fingerprint density at radius 2 is 2.13 bits per heavy atom. The van der Waals surface area contributed by atoms with Gasteiger partial charge in [0.15, 0.2) is 5.11 Å². The van der Waals surface area contributed by atoms with Crippen LogP contribution in [0.3, 0.4) is 0 Å². The van der Waals surface area contributed by atoms with Crippen LogP contribution in [0.15, 0.2) is 24.5 Å². The van der Waals surface area contributed by atoms with Crippen molar-refractivity contribution in [3.8, 4) is 0 Å². The summed E-state index contributed by atoms with van der Waals surface area (Å²) in [6.45, 7) is 2.08. The van der Waals surface area contributed by atoms with Crippen molar-refractivity contribution in [3.63, 3.8) is 0 Å². The molecular formula is C10H15N3OS. The summed E-state index contributed by atoms with van der Waals surface area (Å²) in [5.41, 5.74) is 1.15. The van der Waals surface area contributed by atoms with Crippen molar-refractivity contribution in [3.05, 3.63) is 30.1 Å². The largest absolute Gasteiger partial charge is 0.383 e. The monoisotopic (exact) mass is 225 g/mol. The smallest absolute Gasteiger partial charge is 0.166 e. The van der Waals surface area contributed by atoms with Crippen LogP contribution in [0.4, 0.5) is 0 Å². The zero-order valence-electron chi connectivity index (χ0n) is 8.69. The molecule has 0 unspecified atom stereocenters. The predicted molar refractivity (Wildman–Crippen MR) is 63.6 cm³/mol. The van der Waals surface area contributed by atoms with Crippen LogP contribution < -0.4 is 10.6 Å². The lowest BCUT2D eigenvalue weighted by molar-refractivity contribution is 0.204. The quantitative estimate of drug-likeness (QED) is 0.570. The molecule has 0 saturated heterocycles. The molecule has 15 heavy (non-hydrogen) atoms. The summed E-state index contributed by atoms with van der Waals surface area (Å²) in [6, 6.07) is 3.90. The van der Waals surface area contributed by atoms with Crippen LogP contribution in [0.2, 0.25) is 0 Å². The van der Waals surface area contributed by atoms with Crippen LogP contribution in [-0.2, 0) is 11.3 Å². The molecule has 0 atom stereocenters. The number of hydrogen-bond acceptors (Lipinski definition) is 3. The second-order valence-electron chi connectivity index (χ2n) is 2.96. The SMILES string of the molecule is COCCNC(=S)NCc1ccncc1. The molecule has 0 bridgehead atoms. The molecule has 0 aliphatic carbocycles. The van der Waals surface area contributed by atoms with E-state index in [1.807, 2.05) is 12.1 Å². The second kappa shape index (κ2) is 7.14. The van der Waals surface area contributed by atoms with Crippen molar-refractivity contribution >= 4 is 17.3 Å². The third-order valence-electron chi connectivity index (χ3n) is 1.79. The Morgan fingerprint density at radius 3 is 2.80 bits per heavy atom. The molecule has 0 spiro atoms. The third-order valence-corrected chi connectivity index (χ3v) is 2.08. The summed E-state index contributed by atoms with van der Waals surface area (Å²) in [5.74, 6) is 0. The Morgan fingerprint density at radius 1 is 1.40 bits per heavy atom. The number of nitrogens with zero attached hydrogens (tertiary/aromatic N) is 1. The number of thiocarbonyl (C=S) groups is 1. The van der Waals surface area contributed by atoms with Gasteiger partial charge in [0.2, 0.25) is 0 Å². The van der Waals surface area contributed by atoms with Gasteiger partial charge in [-0.2, -0.15) is 0 Å². The minimum Gasteiger partial charge on any atom is -0.383 e. The van der Waals surface area contributed by atoms with E-state index in [0.29, 0.717) is 18.3 Å². The van der Waals surface area contributed by atoms with Gasteiger partial charge in [0, 0.05) is 32.6 Å². The van der Waals surface area contributed by atoms with Crippen LogP contribution in [0, 0.1) is 0 Å². The lowest BCUT2D eigenvalue weighted by Gasteiger charge is -2.09. The summed E-state index contributed by atoms with van der Waals surface area (Å²) in [5, 5.41) is 6.77. The van der Waals surface area contributed by atoms with Gasteiger partial charge in [-0.15, -0.1) is 0 Å². The molecule has 1 aromatic heterocycles. The summed E-state index contributed by atoms with van der Waals surface area (Å²) in [4.78, 5) is 3.94. The van der Waals surface area contributed by atoms with E-state index in [-0.39, 0.29) is 0 Å².